The van der Waals surface area contributed by atoms with Gasteiger partial charge in [0.05, 0.1) is 17.5 Å². The largest absolute Gasteiger partial charge is 0.352 e. The number of amides is 2. The lowest BCUT2D eigenvalue weighted by Crippen LogP contribution is -2.27. The van der Waals surface area contributed by atoms with Gasteiger partial charge in [-0.1, -0.05) is 42.5 Å². The van der Waals surface area contributed by atoms with E-state index >= 15 is 0 Å². The van der Waals surface area contributed by atoms with Gasteiger partial charge < -0.3 is 10.6 Å². The van der Waals surface area contributed by atoms with E-state index in [9.17, 15) is 14.0 Å². The SMILES string of the molecule is O=C(NCc1ccccc1)C1CC1C(=O)Nc1ccccc1F. The third kappa shape index (κ3) is 3.74. The summed E-state index contributed by atoms with van der Waals surface area (Å²) in [5, 5.41) is 5.36. The highest BCUT2D eigenvalue weighted by Gasteiger charge is 2.48. The number of para-hydroxylation sites is 1. The molecular formula is C18H17FN2O2. The lowest BCUT2D eigenvalue weighted by molar-refractivity contribution is -0.125. The summed E-state index contributed by atoms with van der Waals surface area (Å²) in [7, 11) is 0. The number of hydrogen-bond donors (Lipinski definition) is 2. The Hall–Kier alpha value is -2.69. The van der Waals surface area contributed by atoms with Crippen molar-refractivity contribution in [3.05, 3.63) is 66.0 Å². The molecule has 0 aromatic heterocycles. The number of halogens is 1. The number of hydrogen-bond acceptors (Lipinski definition) is 2. The Bertz CT molecular complexity index is 718. The molecule has 1 aliphatic carbocycles. The topological polar surface area (TPSA) is 58.2 Å². The van der Waals surface area contributed by atoms with Crippen molar-refractivity contribution in [2.24, 2.45) is 11.8 Å². The summed E-state index contributed by atoms with van der Waals surface area (Å²) in [5.41, 5.74) is 1.15. The molecule has 2 aromatic carbocycles. The summed E-state index contributed by atoms with van der Waals surface area (Å²) in [4.78, 5) is 24.1. The lowest BCUT2D eigenvalue weighted by atomic mass is 10.2. The van der Waals surface area contributed by atoms with Gasteiger partial charge in [0, 0.05) is 6.54 Å². The van der Waals surface area contributed by atoms with Crippen LogP contribution in [0.2, 0.25) is 0 Å². The molecule has 2 unspecified atom stereocenters. The number of carbonyl (C=O) groups is 2. The zero-order valence-corrected chi connectivity index (χ0v) is 12.5. The maximum absolute atomic E-state index is 13.5. The van der Waals surface area contributed by atoms with Crippen LogP contribution in [0, 0.1) is 17.7 Å². The predicted molar refractivity (Wildman–Crippen MR) is 84.9 cm³/mol. The summed E-state index contributed by atoms with van der Waals surface area (Å²) in [6.45, 7) is 0.442. The van der Waals surface area contributed by atoms with Gasteiger partial charge in [-0.2, -0.15) is 0 Å². The summed E-state index contributed by atoms with van der Waals surface area (Å²) in [6.07, 6.45) is 0.501. The second-order valence-electron chi connectivity index (χ2n) is 5.62. The smallest absolute Gasteiger partial charge is 0.228 e. The van der Waals surface area contributed by atoms with E-state index in [4.69, 9.17) is 0 Å². The van der Waals surface area contributed by atoms with Crippen molar-refractivity contribution in [1.29, 1.82) is 0 Å². The molecule has 2 aromatic rings. The summed E-state index contributed by atoms with van der Waals surface area (Å²) >= 11 is 0. The van der Waals surface area contributed by atoms with E-state index in [1.807, 2.05) is 30.3 Å². The molecule has 3 rings (SSSR count). The molecule has 0 aliphatic heterocycles. The summed E-state index contributed by atoms with van der Waals surface area (Å²) < 4.78 is 13.5. The second-order valence-corrected chi connectivity index (χ2v) is 5.62. The molecular weight excluding hydrogens is 295 g/mol. The monoisotopic (exact) mass is 312 g/mol. The Morgan fingerprint density at radius 2 is 1.61 bits per heavy atom. The van der Waals surface area contributed by atoms with Crippen molar-refractivity contribution >= 4 is 17.5 Å². The van der Waals surface area contributed by atoms with Crippen molar-refractivity contribution in [2.45, 2.75) is 13.0 Å². The highest BCUT2D eigenvalue weighted by molar-refractivity contribution is 5.99. The van der Waals surface area contributed by atoms with Crippen molar-refractivity contribution < 1.29 is 14.0 Å². The minimum Gasteiger partial charge on any atom is -0.352 e. The second kappa shape index (κ2) is 6.60. The molecule has 118 valence electrons. The normalized spacial score (nSPS) is 19.0. The highest BCUT2D eigenvalue weighted by Crippen LogP contribution is 2.39. The van der Waals surface area contributed by atoms with Gasteiger partial charge in [-0.05, 0) is 24.1 Å². The van der Waals surface area contributed by atoms with Crippen LogP contribution in [0.4, 0.5) is 10.1 Å². The first-order valence-corrected chi connectivity index (χ1v) is 7.52. The average Bonchev–Trinajstić information content (AvgIpc) is 3.36. The minimum absolute atomic E-state index is 0.137. The Morgan fingerprint density at radius 3 is 2.35 bits per heavy atom. The first-order valence-electron chi connectivity index (χ1n) is 7.52. The maximum atomic E-state index is 13.5. The van der Waals surface area contributed by atoms with Crippen LogP contribution in [0.15, 0.2) is 54.6 Å². The minimum atomic E-state index is -0.480. The molecule has 1 saturated carbocycles. The molecule has 0 heterocycles. The van der Waals surface area contributed by atoms with Crippen molar-refractivity contribution in [3.8, 4) is 0 Å². The molecule has 1 fully saturated rings. The van der Waals surface area contributed by atoms with E-state index in [0.29, 0.717) is 13.0 Å². The molecule has 0 radical (unpaired) electrons. The van der Waals surface area contributed by atoms with E-state index in [1.54, 1.807) is 12.1 Å². The van der Waals surface area contributed by atoms with Crippen LogP contribution >= 0.6 is 0 Å². The molecule has 23 heavy (non-hydrogen) atoms. The number of carbonyl (C=O) groups excluding carboxylic acids is 2. The number of nitrogens with one attached hydrogen (secondary N) is 2. The molecule has 0 spiro atoms. The quantitative estimate of drug-likeness (QED) is 0.892. The summed E-state index contributed by atoms with van der Waals surface area (Å²) in [6, 6.07) is 15.6. The summed E-state index contributed by atoms with van der Waals surface area (Å²) in [5.74, 6) is -1.64. The molecule has 2 atom stereocenters. The van der Waals surface area contributed by atoms with Gasteiger partial charge in [0.25, 0.3) is 0 Å². The number of anilines is 1. The van der Waals surface area contributed by atoms with Crippen LogP contribution in [-0.2, 0) is 16.1 Å². The Balaban J connectivity index is 1.49. The van der Waals surface area contributed by atoms with Gasteiger partial charge in [0.2, 0.25) is 11.8 Å². The molecule has 2 N–H and O–H groups in total. The van der Waals surface area contributed by atoms with E-state index in [0.717, 1.165) is 5.56 Å². The highest BCUT2D eigenvalue weighted by atomic mass is 19.1. The third-order valence-corrected chi connectivity index (χ3v) is 3.91. The van der Waals surface area contributed by atoms with Gasteiger partial charge in [0.1, 0.15) is 5.82 Å². The predicted octanol–water partition coefficient (Wildman–Crippen LogP) is 2.72. The lowest BCUT2D eigenvalue weighted by Gasteiger charge is -2.07. The van der Waals surface area contributed by atoms with Crippen molar-refractivity contribution in [1.82, 2.24) is 5.32 Å². The standard InChI is InChI=1S/C18H17FN2O2/c19-15-8-4-5-9-16(15)21-18(23)14-10-13(14)17(22)20-11-12-6-2-1-3-7-12/h1-9,13-14H,10-11H2,(H,20,22)(H,21,23). The molecule has 4 nitrogen and oxygen atoms in total. The van der Waals surface area contributed by atoms with E-state index in [1.165, 1.54) is 12.1 Å². The number of rotatable bonds is 5. The van der Waals surface area contributed by atoms with E-state index in [-0.39, 0.29) is 29.3 Å². The van der Waals surface area contributed by atoms with Crippen LogP contribution in [0.3, 0.4) is 0 Å². The first-order chi connectivity index (χ1) is 11.1. The Kier molecular flexibility index (Phi) is 4.37. The molecule has 0 saturated heterocycles. The zero-order valence-electron chi connectivity index (χ0n) is 12.5. The van der Waals surface area contributed by atoms with Crippen LogP contribution in [-0.4, -0.2) is 11.8 Å². The van der Waals surface area contributed by atoms with Crippen LogP contribution in [0.5, 0.6) is 0 Å². The fraction of sp³-hybridized carbons (Fsp3) is 0.222. The van der Waals surface area contributed by atoms with Gasteiger partial charge >= 0.3 is 0 Å². The van der Waals surface area contributed by atoms with Crippen LogP contribution < -0.4 is 10.6 Å². The van der Waals surface area contributed by atoms with E-state index in [2.05, 4.69) is 10.6 Å². The van der Waals surface area contributed by atoms with Gasteiger partial charge in [0.15, 0.2) is 0 Å². The molecule has 1 aliphatic rings. The third-order valence-electron chi connectivity index (χ3n) is 3.91. The first kappa shape index (κ1) is 15.2. The average molecular weight is 312 g/mol. The Labute approximate surface area is 133 Å². The fourth-order valence-electron chi connectivity index (χ4n) is 2.48. The van der Waals surface area contributed by atoms with E-state index < -0.39 is 5.82 Å². The molecule has 2 amide bonds. The van der Waals surface area contributed by atoms with Gasteiger partial charge in [-0.15, -0.1) is 0 Å². The molecule has 5 heteroatoms. The van der Waals surface area contributed by atoms with Gasteiger partial charge in [-0.3, -0.25) is 9.59 Å². The van der Waals surface area contributed by atoms with Crippen LogP contribution in [0.1, 0.15) is 12.0 Å². The maximum Gasteiger partial charge on any atom is 0.228 e. The van der Waals surface area contributed by atoms with Crippen LogP contribution in [0.25, 0.3) is 0 Å². The van der Waals surface area contributed by atoms with Crippen molar-refractivity contribution in [3.63, 3.8) is 0 Å². The fourth-order valence-corrected chi connectivity index (χ4v) is 2.48. The Morgan fingerprint density at radius 1 is 0.957 bits per heavy atom. The number of benzene rings is 2. The zero-order chi connectivity index (χ0) is 16.2. The van der Waals surface area contributed by atoms with Gasteiger partial charge in [-0.25, -0.2) is 4.39 Å². The molecule has 0 bridgehead atoms. The van der Waals surface area contributed by atoms with Crippen molar-refractivity contribution in [2.75, 3.05) is 5.32 Å².